The van der Waals surface area contributed by atoms with E-state index < -0.39 is 0 Å². The van der Waals surface area contributed by atoms with E-state index in [9.17, 15) is 9.59 Å². The number of hydrogen-bond donors (Lipinski definition) is 1. The third-order valence-electron chi connectivity index (χ3n) is 5.63. The van der Waals surface area contributed by atoms with Crippen molar-refractivity contribution in [1.29, 1.82) is 0 Å². The van der Waals surface area contributed by atoms with E-state index in [2.05, 4.69) is 22.3 Å². The summed E-state index contributed by atoms with van der Waals surface area (Å²) in [6, 6.07) is 7.21. The lowest BCUT2D eigenvalue weighted by Crippen LogP contribution is -2.28. The molecule has 5 rings (SSSR count). The van der Waals surface area contributed by atoms with Gasteiger partial charge in [-0.05, 0) is 49.8 Å². The SMILES string of the molecule is CCOc1ccccc1NC(=O)Cn1nc2c3c4c(sc3ncn2c1=O)C[C@H](C)CC4. The number of nitrogens with one attached hydrogen (secondary N) is 1. The molecule has 1 N–H and O–H groups in total. The molecule has 0 unspecified atom stereocenters. The standard InChI is InChI=1S/C22H23N5O3S/c1-3-30-16-7-5-4-6-15(16)24-18(28)11-27-22(29)26-12-23-21-19(20(26)25-27)14-9-8-13(2)10-17(14)31-21/h4-7,12-13H,3,8-11H2,1-2H3,(H,24,28)/t13-/m1/s1. The number of fused-ring (bicyclic) bond motifs is 5. The Morgan fingerprint density at radius 1 is 1.35 bits per heavy atom. The Morgan fingerprint density at radius 2 is 2.19 bits per heavy atom. The van der Waals surface area contributed by atoms with Crippen LogP contribution in [0.3, 0.4) is 0 Å². The van der Waals surface area contributed by atoms with Gasteiger partial charge in [0.1, 0.15) is 23.5 Å². The maximum absolute atomic E-state index is 12.9. The molecule has 0 saturated carbocycles. The number of rotatable bonds is 5. The summed E-state index contributed by atoms with van der Waals surface area (Å²) in [4.78, 5) is 32.3. The number of anilines is 1. The summed E-state index contributed by atoms with van der Waals surface area (Å²) in [6.07, 6.45) is 4.63. The number of aromatic nitrogens is 4. The van der Waals surface area contributed by atoms with Gasteiger partial charge in [-0.15, -0.1) is 16.4 Å². The molecule has 1 amide bonds. The molecule has 0 spiro atoms. The number of amides is 1. The Bertz CT molecular complexity index is 1350. The van der Waals surface area contributed by atoms with Crippen molar-refractivity contribution >= 4 is 38.8 Å². The van der Waals surface area contributed by atoms with Crippen LogP contribution in [0.1, 0.15) is 30.7 Å². The Kier molecular flexibility index (Phi) is 4.97. The van der Waals surface area contributed by atoms with Gasteiger partial charge >= 0.3 is 5.69 Å². The minimum absolute atomic E-state index is 0.189. The summed E-state index contributed by atoms with van der Waals surface area (Å²) >= 11 is 1.69. The molecule has 4 aromatic rings. The molecule has 0 bridgehead atoms. The predicted octanol–water partition coefficient (Wildman–Crippen LogP) is 3.27. The molecule has 8 nitrogen and oxygen atoms in total. The minimum atomic E-state index is -0.373. The lowest BCUT2D eigenvalue weighted by molar-refractivity contribution is -0.117. The van der Waals surface area contributed by atoms with Crippen molar-refractivity contribution in [2.75, 3.05) is 11.9 Å². The van der Waals surface area contributed by atoms with E-state index in [1.807, 2.05) is 19.1 Å². The fourth-order valence-corrected chi connectivity index (χ4v) is 5.49. The average Bonchev–Trinajstić information content (AvgIpc) is 3.26. The number of carbonyl (C=O) groups is 1. The molecule has 1 aliphatic carbocycles. The van der Waals surface area contributed by atoms with Gasteiger partial charge in [0.2, 0.25) is 5.91 Å². The molecular formula is C22H23N5O3S. The van der Waals surface area contributed by atoms with Crippen LogP contribution in [0.25, 0.3) is 15.9 Å². The molecule has 0 saturated heterocycles. The minimum Gasteiger partial charge on any atom is -0.492 e. The van der Waals surface area contributed by atoms with Gasteiger partial charge in [0, 0.05) is 4.88 Å². The zero-order chi connectivity index (χ0) is 21.5. The molecule has 0 radical (unpaired) electrons. The quantitative estimate of drug-likeness (QED) is 0.518. The Labute approximate surface area is 182 Å². The molecule has 1 aromatic carbocycles. The van der Waals surface area contributed by atoms with Gasteiger partial charge in [-0.2, -0.15) is 0 Å². The first-order valence-electron chi connectivity index (χ1n) is 10.4. The zero-order valence-corrected chi connectivity index (χ0v) is 18.2. The monoisotopic (exact) mass is 437 g/mol. The normalized spacial score (nSPS) is 15.9. The van der Waals surface area contributed by atoms with Crippen LogP contribution in [0.5, 0.6) is 5.75 Å². The predicted molar refractivity (Wildman–Crippen MR) is 120 cm³/mol. The maximum Gasteiger partial charge on any atom is 0.352 e. The highest BCUT2D eigenvalue weighted by Crippen LogP contribution is 2.38. The van der Waals surface area contributed by atoms with Gasteiger partial charge in [0.15, 0.2) is 5.65 Å². The first-order valence-corrected chi connectivity index (χ1v) is 11.3. The van der Waals surface area contributed by atoms with Gasteiger partial charge in [-0.25, -0.2) is 18.9 Å². The molecular weight excluding hydrogens is 414 g/mol. The van der Waals surface area contributed by atoms with Gasteiger partial charge in [-0.3, -0.25) is 4.79 Å². The number of thiophene rings is 1. The second-order valence-electron chi connectivity index (χ2n) is 7.89. The van der Waals surface area contributed by atoms with Crippen LogP contribution in [-0.4, -0.2) is 31.7 Å². The number of benzene rings is 1. The Hall–Kier alpha value is -3.20. The van der Waals surface area contributed by atoms with Gasteiger partial charge in [-0.1, -0.05) is 19.1 Å². The van der Waals surface area contributed by atoms with Crippen molar-refractivity contribution < 1.29 is 9.53 Å². The number of para-hydroxylation sites is 2. The molecule has 9 heteroatoms. The van der Waals surface area contributed by atoms with E-state index in [1.54, 1.807) is 23.5 Å². The maximum atomic E-state index is 12.9. The summed E-state index contributed by atoms with van der Waals surface area (Å²) in [5.41, 5.74) is 2.02. The summed E-state index contributed by atoms with van der Waals surface area (Å²) in [7, 11) is 0. The van der Waals surface area contributed by atoms with E-state index in [1.165, 1.54) is 25.9 Å². The van der Waals surface area contributed by atoms with Crippen LogP contribution >= 0.6 is 11.3 Å². The topological polar surface area (TPSA) is 90.5 Å². The molecule has 3 aromatic heterocycles. The zero-order valence-electron chi connectivity index (χ0n) is 17.4. The summed E-state index contributed by atoms with van der Waals surface area (Å²) in [5, 5.41) is 8.29. The van der Waals surface area contributed by atoms with Crippen LogP contribution < -0.4 is 15.7 Å². The van der Waals surface area contributed by atoms with Crippen molar-refractivity contribution in [2.45, 2.75) is 39.7 Å². The first kappa shape index (κ1) is 19.7. The highest BCUT2D eigenvalue weighted by atomic mass is 32.1. The Morgan fingerprint density at radius 3 is 3.03 bits per heavy atom. The molecule has 0 aliphatic heterocycles. The summed E-state index contributed by atoms with van der Waals surface area (Å²) < 4.78 is 8.19. The van der Waals surface area contributed by atoms with Crippen molar-refractivity contribution in [3.63, 3.8) is 0 Å². The van der Waals surface area contributed by atoms with Crippen molar-refractivity contribution in [1.82, 2.24) is 19.2 Å². The van der Waals surface area contributed by atoms with Crippen molar-refractivity contribution in [2.24, 2.45) is 5.92 Å². The van der Waals surface area contributed by atoms with E-state index in [-0.39, 0.29) is 18.1 Å². The average molecular weight is 438 g/mol. The van der Waals surface area contributed by atoms with Crippen LogP contribution in [0, 0.1) is 5.92 Å². The van der Waals surface area contributed by atoms with Crippen LogP contribution in [-0.2, 0) is 24.2 Å². The third kappa shape index (κ3) is 3.48. The van der Waals surface area contributed by atoms with Gasteiger partial charge < -0.3 is 10.1 Å². The summed E-state index contributed by atoms with van der Waals surface area (Å²) in [5.74, 6) is 0.897. The molecule has 0 fully saturated rings. The lowest BCUT2D eigenvalue weighted by Gasteiger charge is -2.17. The van der Waals surface area contributed by atoms with Crippen LogP contribution in [0.15, 0.2) is 35.4 Å². The molecule has 3 heterocycles. The fourth-order valence-electron chi connectivity index (χ4n) is 4.14. The first-order chi connectivity index (χ1) is 15.0. The summed E-state index contributed by atoms with van der Waals surface area (Å²) in [6.45, 7) is 4.45. The third-order valence-corrected chi connectivity index (χ3v) is 6.79. The number of nitrogens with zero attached hydrogens (tertiary/aromatic N) is 4. The highest BCUT2D eigenvalue weighted by Gasteiger charge is 2.24. The number of hydrogen-bond acceptors (Lipinski definition) is 6. The lowest BCUT2D eigenvalue weighted by atomic mass is 9.89. The smallest absolute Gasteiger partial charge is 0.352 e. The molecule has 1 aliphatic rings. The van der Waals surface area contributed by atoms with Gasteiger partial charge in [0.25, 0.3) is 0 Å². The number of ether oxygens (including phenoxy) is 1. The van der Waals surface area contributed by atoms with E-state index in [0.29, 0.717) is 29.6 Å². The van der Waals surface area contributed by atoms with Crippen LogP contribution in [0.4, 0.5) is 5.69 Å². The molecule has 1 atom stereocenters. The van der Waals surface area contributed by atoms with Crippen molar-refractivity contribution in [3.05, 3.63) is 51.5 Å². The fraction of sp³-hybridized carbons (Fsp3) is 0.364. The molecule has 31 heavy (non-hydrogen) atoms. The van der Waals surface area contributed by atoms with Crippen molar-refractivity contribution in [3.8, 4) is 5.75 Å². The second-order valence-corrected chi connectivity index (χ2v) is 8.97. The Balaban J connectivity index is 1.48. The number of aryl methyl sites for hydroxylation is 1. The van der Waals surface area contributed by atoms with E-state index in [4.69, 9.17) is 4.74 Å². The van der Waals surface area contributed by atoms with E-state index >= 15 is 0 Å². The largest absolute Gasteiger partial charge is 0.492 e. The van der Waals surface area contributed by atoms with E-state index in [0.717, 1.165) is 29.5 Å². The van der Waals surface area contributed by atoms with Gasteiger partial charge in [0.05, 0.1) is 17.7 Å². The second kappa shape index (κ2) is 7.81. The highest BCUT2D eigenvalue weighted by molar-refractivity contribution is 7.19. The molecule has 160 valence electrons. The number of carbonyl (C=O) groups excluding carboxylic acids is 1. The van der Waals surface area contributed by atoms with Crippen LogP contribution in [0.2, 0.25) is 0 Å².